The summed E-state index contributed by atoms with van der Waals surface area (Å²) in [5.41, 5.74) is 2.43. The molecule has 0 atom stereocenters. The molecular formula is C16H20N2O2. The summed E-state index contributed by atoms with van der Waals surface area (Å²) in [6.07, 6.45) is 1.90. The van der Waals surface area contributed by atoms with Crippen molar-refractivity contribution in [1.29, 1.82) is 0 Å². The molecule has 2 rings (SSSR count). The third-order valence-electron chi connectivity index (χ3n) is 3.30. The van der Waals surface area contributed by atoms with Gasteiger partial charge in [0, 0.05) is 18.8 Å². The number of aromatic nitrogens is 1. The van der Waals surface area contributed by atoms with E-state index in [0.29, 0.717) is 12.2 Å². The van der Waals surface area contributed by atoms with Gasteiger partial charge < -0.3 is 15.0 Å². The first-order chi connectivity index (χ1) is 9.63. The summed E-state index contributed by atoms with van der Waals surface area (Å²) < 4.78 is 1.94. The zero-order chi connectivity index (χ0) is 14.5. The average Bonchev–Trinajstić information content (AvgIpc) is 2.94. The third kappa shape index (κ3) is 3.08. The largest absolute Gasteiger partial charge is 0.392 e. The molecule has 106 valence electrons. The van der Waals surface area contributed by atoms with Crippen LogP contribution in [0.3, 0.4) is 0 Å². The van der Waals surface area contributed by atoms with E-state index >= 15 is 0 Å². The van der Waals surface area contributed by atoms with Gasteiger partial charge in [-0.3, -0.25) is 4.79 Å². The Morgan fingerprint density at radius 3 is 2.55 bits per heavy atom. The van der Waals surface area contributed by atoms with Crippen LogP contribution in [0.4, 0.5) is 0 Å². The molecule has 0 saturated carbocycles. The highest BCUT2D eigenvalue weighted by atomic mass is 16.3. The summed E-state index contributed by atoms with van der Waals surface area (Å²) in [6, 6.07) is 11.5. The summed E-state index contributed by atoms with van der Waals surface area (Å²) in [7, 11) is 0. The number of nitrogens with one attached hydrogen (secondary N) is 1. The highest BCUT2D eigenvalue weighted by Crippen LogP contribution is 2.12. The van der Waals surface area contributed by atoms with Gasteiger partial charge in [0.25, 0.3) is 5.91 Å². The van der Waals surface area contributed by atoms with Gasteiger partial charge in [0.1, 0.15) is 5.69 Å². The number of nitrogens with zero attached hydrogens (tertiary/aromatic N) is 1. The van der Waals surface area contributed by atoms with Gasteiger partial charge in [0.05, 0.1) is 6.61 Å². The van der Waals surface area contributed by atoms with Crippen LogP contribution in [0.25, 0.3) is 0 Å². The molecule has 0 radical (unpaired) electrons. The lowest BCUT2D eigenvalue weighted by Gasteiger charge is -2.13. The van der Waals surface area contributed by atoms with Crippen LogP contribution in [-0.2, 0) is 13.2 Å². The van der Waals surface area contributed by atoms with Crippen molar-refractivity contribution in [3.63, 3.8) is 0 Å². The van der Waals surface area contributed by atoms with E-state index in [1.165, 1.54) is 0 Å². The lowest BCUT2D eigenvalue weighted by atomic mass is 10.1. The van der Waals surface area contributed by atoms with Gasteiger partial charge in [0.2, 0.25) is 0 Å². The summed E-state index contributed by atoms with van der Waals surface area (Å²) in [4.78, 5) is 12.2. The number of hydrogen-bond donors (Lipinski definition) is 2. The molecule has 4 heteroatoms. The Labute approximate surface area is 119 Å². The number of carbonyl (C=O) groups is 1. The van der Waals surface area contributed by atoms with Gasteiger partial charge in [-0.05, 0) is 37.1 Å². The normalized spacial score (nSPS) is 10.8. The topological polar surface area (TPSA) is 54.3 Å². The number of hydrogen-bond acceptors (Lipinski definition) is 2. The van der Waals surface area contributed by atoms with Crippen LogP contribution in [-0.4, -0.2) is 15.6 Å². The maximum Gasteiger partial charge on any atom is 0.268 e. The highest BCUT2D eigenvalue weighted by molar-refractivity contribution is 5.92. The molecule has 1 amide bonds. The quantitative estimate of drug-likeness (QED) is 0.878. The average molecular weight is 272 g/mol. The molecule has 20 heavy (non-hydrogen) atoms. The number of carbonyl (C=O) groups excluding carboxylic acids is 1. The Morgan fingerprint density at radius 2 is 1.90 bits per heavy atom. The minimum absolute atomic E-state index is 0.0194. The monoisotopic (exact) mass is 272 g/mol. The van der Waals surface area contributed by atoms with Crippen molar-refractivity contribution in [2.75, 3.05) is 0 Å². The van der Waals surface area contributed by atoms with Gasteiger partial charge in [-0.1, -0.05) is 24.3 Å². The number of aliphatic hydroxyl groups is 1. The summed E-state index contributed by atoms with van der Waals surface area (Å²) in [6.45, 7) is 4.48. The minimum atomic E-state index is -0.101. The number of amides is 1. The van der Waals surface area contributed by atoms with Crippen molar-refractivity contribution < 1.29 is 9.90 Å². The van der Waals surface area contributed by atoms with Crippen LogP contribution in [0.2, 0.25) is 0 Å². The Balaban J connectivity index is 2.07. The zero-order valence-electron chi connectivity index (χ0n) is 11.8. The van der Waals surface area contributed by atoms with Crippen molar-refractivity contribution in [2.45, 2.75) is 33.0 Å². The Morgan fingerprint density at radius 1 is 1.20 bits per heavy atom. The fraction of sp³-hybridized carbons (Fsp3) is 0.312. The standard InChI is InChI=1S/C16H20N2O2/c1-12(2)18-9-5-8-15(18)16(20)17-10-13-6-3-4-7-14(13)11-19/h3-9,12,19H,10-11H2,1-2H3,(H,17,20). The Hall–Kier alpha value is -2.07. The molecule has 2 aromatic rings. The van der Waals surface area contributed by atoms with Crippen molar-refractivity contribution in [1.82, 2.24) is 9.88 Å². The highest BCUT2D eigenvalue weighted by Gasteiger charge is 2.12. The van der Waals surface area contributed by atoms with Crippen molar-refractivity contribution in [3.05, 3.63) is 59.4 Å². The van der Waals surface area contributed by atoms with E-state index in [0.717, 1.165) is 11.1 Å². The van der Waals surface area contributed by atoms with Crippen LogP contribution in [0.15, 0.2) is 42.6 Å². The number of aliphatic hydroxyl groups excluding tert-OH is 1. The van der Waals surface area contributed by atoms with Gasteiger partial charge in [-0.2, -0.15) is 0 Å². The molecule has 0 aliphatic rings. The summed E-state index contributed by atoms with van der Waals surface area (Å²) in [5, 5.41) is 12.2. The third-order valence-corrected chi connectivity index (χ3v) is 3.30. The molecular weight excluding hydrogens is 252 g/mol. The Kier molecular flexibility index (Phi) is 4.58. The first-order valence-corrected chi connectivity index (χ1v) is 6.76. The first-order valence-electron chi connectivity index (χ1n) is 6.76. The van der Waals surface area contributed by atoms with Gasteiger partial charge in [0.15, 0.2) is 0 Å². The van der Waals surface area contributed by atoms with Crippen LogP contribution >= 0.6 is 0 Å². The second kappa shape index (κ2) is 6.39. The fourth-order valence-electron chi connectivity index (χ4n) is 2.19. The zero-order valence-corrected chi connectivity index (χ0v) is 11.8. The molecule has 0 unspecified atom stereocenters. The van der Waals surface area contributed by atoms with Crippen LogP contribution in [0.1, 0.15) is 41.5 Å². The molecule has 0 bridgehead atoms. The van der Waals surface area contributed by atoms with E-state index in [-0.39, 0.29) is 18.6 Å². The predicted molar refractivity (Wildman–Crippen MR) is 78.4 cm³/mol. The molecule has 1 heterocycles. The van der Waals surface area contributed by atoms with E-state index in [1.807, 2.05) is 61.0 Å². The molecule has 4 nitrogen and oxygen atoms in total. The van der Waals surface area contributed by atoms with Crippen molar-refractivity contribution >= 4 is 5.91 Å². The SMILES string of the molecule is CC(C)n1cccc1C(=O)NCc1ccccc1CO. The summed E-state index contributed by atoms with van der Waals surface area (Å²) >= 11 is 0. The predicted octanol–water partition coefficient (Wildman–Crippen LogP) is 2.49. The molecule has 0 fully saturated rings. The van der Waals surface area contributed by atoms with E-state index in [4.69, 9.17) is 0 Å². The van der Waals surface area contributed by atoms with Crippen molar-refractivity contribution in [3.8, 4) is 0 Å². The van der Waals surface area contributed by atoms with E-state index in [2.05, 4.69) is 5.32 Å². The van der Waals surface area contributed by atoms with E-state index < -0.39 is 0 Å². The maximum atomic E-state index is 12.2. The molecule has 0 saturated heterocycles. The number of rotatable bonds is 5. The minimum Gasteiger partial charge on any atom is -0.392 e. The summed E-state index contributed by atoms with van der Waals surface area (Å²) in [5.74, 6) is -0.101. The van der Waals surface area contributed by atoms with Crippen LogP contribution in [0.5, 0.6) is 0 Å². The molecule has 0 spiro atoms. The lowest BCUT2D eigenvalue weighted by molar-refractivity contribution is 0.0940. The maximum absolute atomic E-state index is 12.2. The van der Waals surface area contributed by atoms with E-state index in [9.17, 15) is 9.90 Å². The number of benzene rings is 1. The smallest absolute Gasteiger partial charge is 0.268 e. The molecule has 0 aliphatic heterocycles. The van der Waals surface area contributed by atoms with E-state index in [1.54, 1.807) is 0 Å². The van der Waals surface area contributed by atoms with Gasteiger partial charge >= 0.3 is 0 Å². The fourth-order valence-corrected chi connectivity index (χ4v) is 2.19. The molecule has 2 N–H and O–H groups in total. The van der Waals surface area contributed by atoms with Crippen LogP contribution in [0, 0.1) is 0 Å². The molecule has 1 aromatic heterocycles. The Bertz CT molecular complexity index is 588. The molecule has 0 aliphatic carbocycles. The van der Waals surface area contributed by atoms with Gasteiger partial charge in [-0.15, -0.1) is 0 Å². The second-order valence-electron chi connectivity index (χ2n) is 5.00. The van der Waals surface area contributed by atoms with Gasteiger partial charge in [-0.25, -0.2) is 0 Å². The second-order valence-corrected chi connectivity index (χ2v) is 5.00. The lowest BCUT2D eigenvalue weighted by Crippen LogP contribution is -2.26. The first kappa shape index (κ1) is 14.3. The molecule has 1 aromatic carbocycles. The van der Waals surface area contributed by atoms with Crippen molar-refractivity contribution in [2.24, 2.45) is 0 Å². The van der Waals surface area contributed by atoms with Crippen LogP contribution < -0.4 is 5.32 Å².